The molecule has 0 aliphatic heterocycles. The quantitative estimate of drug-likeness (QED) is 0.382. The molecule has 2 aromatic carbocycles. The van der Waals surface area contributed by atoms with Crippen molar-refractivity contribution in [1.82, 2.24) is 0 Å². The predicted octanol–water partition coefficient (Wildman–Crippen LogP) is 3.71. The zero-order valence-electron chi connectivity index (χ0n) is 12.8. The van der Waals surface area contributed by atoms with E-state index in [-0.39, 0.29) is 16.3 Å². The van der Waals surface area contributed by atoms with E-state index in [2.05, 4.69) is 15.9 Å². The number of rotatable bonds is 6. The van der Waals surface area contributed by atoms with E-state index in [1.807, 2.05) is 0 Å². The van der Waals surface area contributed by atoms with Crippen molar-refractivity contribution in [1.29, 1.82) is 0 Å². The van der Waals surface area contributed by atoms with E-state index >= 15 is 0 Å². The van der Waals surface area contributed by atoms with Gasteiger partial charge in [0, 0.05) is 16.6 Å². The minimum atomic E-state index is -4.26. The minimum Gasteiger partial charge on any atom is -0.279 e. The molecule has 2 rings (SSSR count). The second kappa shape index (κ2) is 7.51. The lowest BCUT2D eigenvalue weighted by Crippen LogP contribution is -2.42. The molecule has 0 aliphatic rings. The van der Waals surface area contributed by atoms with Crippen molar-refractivity contribution < 1.29 is 18.1 Å². The van der Waals surface area contributed by atoms with Gasteiger partial charge in [0.15, 0.2) is 0 Å². The van der Waals surface area contributed by atoms with Crippen LogP contribution < -0.4 is 4.31 Å². The van der Waals surface area contributed by atoms with Crippen LogP contribution in [0, 0.1) is 10.1 Å². The molecule has 25 heavy (non-hydrogen) atoms. The van der Waals surface area contributed by atoms with Crippen LogP contribution in [-0.2, 0) is 14.8 Å². The first-order valence-corrected chi connectivity index (χ1v) is 9.49. The summed E-state index contributed by atoms with van der Waals surface area (Å²) in [5.41, 5.74) is -0.169. The molecular weight excluding hydrogens is 436 g/mol. The molecule has 0 fully saturated rings. The van der Waals surface area contributed by atoms with Crippen LogP contribution in [0.3, 0.4) is 0 Å². The third kappa shape index (κ3) is 4.17. The van der Waals surface area contributed by atoms with Gasteiger partial charge in [-0.3, -0.25) is 19.2 Å². The average molecular weight is 448 g/mol. The van der Waals surface area contributed by atoms with Gasteiger partial charge in [0.25, 0.3) is 15.7 Å². The van der Waals surface area contributed by atoms with Gasteiger partial charge in [-0.1, -0.05) is 22.0 Å². The Morgan fingerprint density at radius 2 is 1.84 bits per heavy atom. The summed E-state index contributed by atoms with van der Waals surface area (Å²) in [6.07, 6.45) is 0. The number of nitro groups is 1. The van der Waals surface area contributed by atoms with Crippen LogP contribution >= 0.6 is 27.5 Å². The lowest BCUT2D eigenvalue weighted by atomic mass is 10.3. The van der Waals surface area contributed by atoms with E-state index in [0.717, 1.165) is 10.4 Å². The third-order valence-corrected chi connectivity index (χ3v) is 6.09. The lowest BCUT2D eigenvalue weighted by Gasteiger charge is -2.28. The zero-order valence-corrected chi connectivity index (χ0v) is 16.0. The van der Waals surface area contributed by atoms with Gasteiger partial charge < -0.3 is 0 Å². The standard InChI is InChI=1S/C15H12BrClN2O5S/c1-10(15(17)20)18(12-7-5-11(16)6-8-12)25(23,24)14-4-2-3-13(9-14)19(21)22/h2-10H,1H3. The number of benzene rings is 2. The molecule has 0 saturated heterocycles. The first kappa shape index (κ1) is 19.4. The molecule has 10 heteroatoms. The van der Waals surface area contributed by atoms with Crippen molar-refractivity contribution in [2.75, 3.05) is 4.31 Å². The Morgan fingerprint density at radius 1 is 1.24 bits per heavy atom. The number of hydrogen-bond donors (Lipinski definition) is 0. The maximum absolute atomic E-state index is 13.0. The van der Waals surface area contributed by atoms with E-state index in [1.54, 1.807) is 12.1 Å². The highest BCUT2D eigenvalue weighted by Crippen LogP contribution is 2.29. The van der Waals surface area contributed by atoms with Crippen molar-refractivity contribution in [2.45, 2.75) is 17.9 Å². The normalized spacial score (nSPS) is 12.4. The summed E-state index contributed by atoms with van der Waals surface area (Å²) in [5, 5.41) is 10.0. The molecule has 132 valence electrons. The molecule has 0 heterocycles. The average Bonchev–Trinajstić information content (AvgIpc) is 2.56. The maximum atomic E-state index is 13.0. The van der Waals surface area contributed by atoms with Gasteiger partial charge in [0.1, 0.15) is 6.04 Å². The van der Waals surface area contributed by atoms with Crippen LogP contribution in [0.4, 0.5) is 11.4 Å². The molecule has 0 aliphatic carbocycles. The van der Waals surface area contributed by atoms with Crippen LogP contribution in [0.15, 0.2) is 57.9 Å². The van der Waals surface area contributed by atoms with Crippen LogP contribution in [0.2, 0.25) is 0 Å². The lowest BCUT2D eigenvalue weighted by molar-refractivity contribution is -0.385. The highest BCUT2D eigenvalue weighted by Gasteiger charge is 2.33. The van der Waals surface area contributed by atoms with Crippen molar-refractivity contribution in [2.24, 2.45) is 0 Å². The number of non-ortho nitro benzene ring substituents is 1. The SMILES string of the molecule is CC(C(=O)Cl)N(c1ccc(Br)cc1)S(=O)(=O)c1cccc([N+](=O)[O-])c1. The topological polar surface area (TPSA) is 97.6 Å². The minimum absolute atomic E-state index is 0.205. The molecule has 0 amide bonds. The zero-order chi connectivity index (χ0) is 18.8. The molecule has 0 saturated carbocycles. The van der Waals surface area contributed by atoms with E-state index < -0.39 is 26.2 Å². The molecule has 7 nitrogen and oxygen atoms in total. The molecule has 1 unspecified atom stereocenters. The monoisotopic (exact) mass is 446 g/mol. The molecule has 0 N–H and O–H groups in total. The van der Waals surface area contributed by atoms with Gasteiger partial charge in [-0.15, -0.1) is 0 Å². The Hall–Kier alpha value is -1.97. The third-order valence-electron chi connectivity index (χ3n) is 3.35. The number of sulfonamides is 1. The summed E-state index contributed by atoms with van der Waals surface area (Å²) in [7, 11) is -4.26. The Bertz CT molecular complexity index is 918. The smallest absolute Gasteiger partial charge is 0.270 e. The Labute approximate surface area is 157 Å². The summed E-state index contributed by atoms with van der Waals surface area (Å²) in [5.74, 6) is 0. The highest BCUT2D eigenvalue weighted by atomic mass is 79.9. The fourth-order valence-corrected chi connectivity index (χ4v) is 4.20. The first-order chi connectivity index (χ1) is 11.6. The number of carbonyl (C=O) groups excluding carboxylic acids is 1. The number of hydrogen-bond acceptors (Lipinski definition) is 5. The van der Waals surface area contributed by atoms with Gasteiger partial charge >= 0.3 is 0 Å². The van der Waals surface area contributed by atoms with Crippen molar-refractivity contribution in [3.05, 3.63) is 63.1 Å². The van der Waals surface area contributed by atoms with Gasteiger partial charge in [0.05, 0.1) is 15.5 Å². The largest absolute Gasteiger partial charge is 0.279 e. The fraction of sp³-hybridized carbons (Fsp3) is 0.133. The molecule has 0 radical (unpaired) electrons. The summed E-state index contributed by atoms with van der Waals surface area (Å²) >= 11 is 8.76. The van der Waals surface area contributed by atoms with Crippen molar-refractivity contribution in [3.8, 4) is 0 Å². The summed E-state index contributed by atoms with van der Waals surface area (Å²) in [6.45, 7) is 1.34. The summed E-state index contributed by atoms with van der Waals surface area (Å²) < 4.78 is 27.6. The number of anilines is 1. The first-order valence-electron chi connectivity index (χ1n) is 6.88. The Morgan fingerprint density at radius 3 is 2.36 bits per heavy atom. The molecule has 0 spiro atoms. The van der Waals surface area contributed by atoms with Crippen LogP contribution in [0.5, 0.6) is 0 Å². The fourth-order valence-electron chi connectivity index (χ4n) is 2.12. The number of carbonyl (C=O) groups is 1. The Kier molecular flexibility index (Phi) is 5.81. The van der Waals surface area contributed by atoms with E-state index in [1.165, 1.54) is 37.3 Å². The molecule has 0 aromatic heterocycles. The van der Waals surface area contributed by atoms with Crippen LogP contribution in [0.1, 0.15) is 6.92 Å². The second-order valence-electron chi connectivity index (χ2n) is 5.01. The van der Waals surface area contributed by atoms with Crippen molar-refractivity contribution in [3.63, 3.8) is 0 Å². The van der Waals surface area contributed by atoms with Gasteiger partial charge in [0.2, 0.25) is 5.24 Å². The number of nitro benzene ring substituents is 1. The van der Waals surface area contributed by atoms with Gasteiger partial charge in [-0.25, -0.2) is 8.42 Å². The van der Waals surface area contributed by atoms with Crippen molar-refractivity contribution >= 4 is 54.2 Å². The summed E-state index contributed by atoms with van der Waals surface area (Å²) in [4.78, 5) is 21.5. The van der Waals surface area contributed by atoms with Gasteiger partial charge in [-0.05, 0) is 48.9 Å². The van der Waals surface area contributed by atoms with Crippen LogP contribution in [-0.4, -0.2) is 24.6 Å². The van der Waals surface area contributed by atoms with Crippen LogP contribution in [0.25, 0.3) is 0 Å². The summed E-state index contributed by atoms with van der Waals surface area (Å²) in [6, 6.07) is 9.61. The number of nitrogens with zero attached hydrogens (tertiary/aromatic N) is 2. The second-order valence-corrected chi connectivity index (χ2v) is 8.11. The maximum Gasteiger partial charge on any atom is 0.270 e. The van der Waals surface area contributed by atoms with E-state index in [9.17, 15) is 23.3 Å². The molecule has 0 bridgehead atoms. The highest BCUT2D eigenvalue weighted by molar-refractivity contribution is 9.10. The Balaban J connectivity index is 2.63. The number of halogens is 2. The van der Waals surface area contributed by atoms with Gasteiger partial charge in [-0.2, -0.15) is 0 Å². The molecular formula is C15H12BrClN2O5S. The molecule has 1 atom stereocenters. The predicted molar refractivity (Wildman–Crippen MR) is 97.2 cm³/mol. The van der Waals surface area contributed by atoms with E-state index in [4.69, 9.17) is 11.6 Å². The van der Waals surface area contributed by atoms with E-state index in [0.29, 0.717) is 4.47 Å². The molecule has 2 aromatic rings.